The minimum Gasteiger partial charge on any atom is -0.484 e. The van der Waals surface area contributed by atoms with Gasteiger partial charge in [0.2, 0.25) is 0 Å². The van der Waals surface area contributed by atoms with E-state index in [4.69, 9.17) is 4.74 Å². The molecule has 0 aliphatic heterocycles. The summed E-state index contributed by atoms with van der Waals surface area (Å²) in [6.07, 6.45) is -4.90. The third kappa shape index (κ3) is 6.12. The molecule has 1 atom stereocenters. The molecule has 0 saturated carbocycles. The molecule has 2 rings (SSSR count). The van der Waals surface area contributed by atoms with Gasteiger partial charge in [0.1, 0.15) is 5.75 Å². The number of para-hydroxylation sites is 1. The monoisotopic (exact) mass is 339 g/mol. The summed E-state index contributed by atoms with van der Waals surface area (Å²) >= 11 is 0. The number of benzene rings is 2. The summed E-state index contributed by atoms with van der Waals surface area (Å²) in [7, 11) is 0. The van der Waals surface area contributed by atoms with Crippen LogP contribution in [0.2, 0.25) is 0 Å². The van der Waals surface area contributed by atoms with Crippen molar-refractivity contribution < 1.29 is 23.0 Å². The second-order valence-corrected chi connectivity index (χ2v) is 5.62. The van der Waals surface area contributed by atoms with Gasteiger partial charge in [0.15, 0.2) is 6.61 Å². The highest BCUT2D eigenvalue weighted by Crippen LogP contribution is 2.22. The van der Waals surface area contributed by atoms with E-state index in [9.17, 15) is 18.3 Å². The zero-order chi connectivity index (χ0) is 17.6. The largest absolute Gasteiger partial charge is 0.484 e. The fourth-order valence-electron chi connectivity index (χ4n) is 2.34. The van der Waals surface area contributed by atoms with E-state index in [2.05, 4.69) is 0 Å². The molecule has 0 heterocycles. The van der Waals surface area contributed by atoms with Gasteiger partial charge in [-0.15, -0.1) is 0 Å². The molecule has 0 fully saturated rings. The van der Waals surface area contributed by atoms with E-state index in [1.54, 1.807) is 19.1 Å². The van der Waals surface area contributed by atoms with E-state index < -0.39 is 18.9 Å². The van der Waals surface area contributed by atoms with Gasteiger partial charge in [0.05, 0.1) is 6.10 Å². The van der Waals surface area contributed by atoms with Crippen LogP contribution in [0.5, 0.6) is 5.75 Å². The molecule has 3 nitrogen and oxygen atoms in total. The second-order valence-electron chi connectivity index (χ2n) is 5.62. The number of hydrogen-bond donors (Lipinski definition) is 1. The number of anilines is 1. The molecule has 0 aliphatic rings. The number of aliphatic hydroxyl groups excluding tert-OH is 1. The molecule has 1 unspecified atom stereocenters. The number of aliphatic hydroxyl groups is 1. The van der Waals surface area contributed by atoms with Gasteiger partial charge in [0.25, 0.3) is 0 Å². The van der Waals surface area contributed by atoms with Crippen molar-refractivity contribution in [3.63, 3.8) is 0 Å². The van der Waals surface area contributed by atoms with Crippen LogP contribution in [0.3, 0.4) is 0 Å². The lowest BCUT2D eigenvalue weighted by Gasteiger charge is -2.26. The predicted octanol–water partition coefficient (Wildman–Crippen LogP) is 4.02. The van der Waals surface area contributed by atoms with Crippen LogP contribution in [0.15, 0.2) is 54.6 Å². The van der Waals surface area contributed by atoms with Crippen LogP contribution in [0.1, 0.15) is 12.5 Å². The molecule has 0 aliphatic carbocycles. The Balaban J connectivity index is 2.11. The Labute approximate surface area is 139 Å². The molecule has 6 heteroatoms. The third-order valence-electron chi connectivity index (χ3n) is 3.28. The van der Waals surface area contributed by atoms with E-state index in [0.29, 0.717) is 13.1 Å². The Bertz CT molecular complexity index is 630. The van der Waals surface area contributed by atoms with E-state index in [1.165, 1.54) is 6.07 Å². The number of alkyl halides is 3. The average Bonchev–Trinajstić information content (AvgIpc) is 2.52. The van der Waals surface area contributed by atoms with Crippen molar-refractivity contribution in [1.29, 1.82) is 0 Å². The molecule has 0 radical (unpaired) electrons. The summed E-state index contributed by atoms with van der Waals surface area (Å²) in [6.45, 7) is 1.25. The van der Waals surface area contributed by atoms with Gasteiger partial charge >= 0.3 is 6.18 Å². The predicted molar refractivity (Wildman–Crippen MR) is 87.2 cm³/mol. The second kappa shape index (κ2) is 8.06. The van der Waals surface area contributed by atoms with Crippen LogP contribution in [-0.2, 0) is 6.54 Å². The van der Waals surface area contributed by atoms with E-state index in [0.717, 1.165) is 11.3 Å². The molecule has 0 amide bonds. The maximum absolute atomic E-state index is 12.3. The lowest BCUT2D eigenvalue weighted by atomic mass is 10.1. The molecule has 0 spiro atoms. The Morgan fingerprint density at radius 2 is 1.79 bits per heavy atom. The first kappa shape index (κ1) is 18.1. The Morgan fingerprint density at radius 3 is 2.42 bits per heavy atom. The number of halogens is 3. The SMILES string of the molecule is CC(O)CN(Cc1cccc(OCC(F)(F)F)c1)c1ccccc1. The summed E-state index contributed by atoms with van der Waals surface area (Å²) in [5.74, 6) is 0.176. The van der Waals surface area contributed by atoms with Crippen molar-refractivity contribution in [2.24, 2.45) is 0 Å². The number of rotatable bonds is 7. The van der Waals surface area contributed by atoms with Crippen LogP contribution in [0, 0.1) is 0 Å². The molecular formula is C18H20F3NO2. The maximum atomic E-state index is 12.3. The lowest BCUT2D eigenvalue weighted by Crippen LogP contribution is -2.30. The smallest absolute Gasteiger partial charge is 0.422 e. The summed E-state index contributed by atoms with van der Waals surface area (Å²) in [6, 6.07) is 16.1. The molecule has 24 heavy (non-hydrogen) atoms. The first-order valence-corrected chi connectivity index (χ1v) is 7.60. The van der Waals surface area contributed by atoms with Crippen molar-refractivity contribution in [3.05, 3.63) is 60.2 Å². The minimum absolute atomic E-state index is 0.176. The molecule has 0 saturated heterocycles. The van der Waals surface area contributed by atoms with Crippen LogP contribution in [-0.4, -0.2) is 30.5 Å². The fraction of sp³-hybridized carbons (Fsp3) is 0.333. The van der Waals surface area contributed by atoms with Gasteiger partial charge < -0.3 is 14.7 Å². The maximum Gasteiger partial charge on any atom is 0.422 e. The molecule has 1 N–H and O–H groups in total. The topological polar surface area (TPSA) is 32.7 Å². The van der Waals surface area contributed by atoms with Crippen molar-refractivity contribution in [1.82, 2.24) is 0 Å². The van der Waals surface area contributed by atoms with Crippen LogP contribution >= 0.6 is 0 Å². The zero-order valence-corrected chi connectivity index (χ0v) is 13.3. The van der Waals surface area contributed by atoms with Crippen molar-refractivity contribution in [2.75, 3.05) is 18.1 Å². The first-order valence-electron chi connectivity index (χ1n) is 7.60. The lowest BCUT2D eigenvalue weighted by molar-refractivity contribution is -0.153. The molecule has 0 bridgehead atoms. The third-order valence-corrected chi connectivity index (χ3v) is 3.28. The van der Waals surface area contributed by atoms with Crippen LogP contribution < -0.4 is 9.64 Å². The number of ether oxygens (including phenoxy) is 1. The molecular weight excluding hydrogens is 319 g/mol. The van der Waals surface area contributed by atoms with Gasteiger partial charge in [0, 0.05) is 18.8 Å². The van der Waals surface area contributed by atoms with Crippen LogP contribution in [0.4, 0.5) is 18.9 Å². The first-order chi connectivity index (χ1) is 11.3. The Hall–Kier alpha value is -2.21. The van der Waals surface area contributed by atoms with Gasteiger partial charge in [-0.05, 0) is 36.8 Å². The van der Waals surface area contributed by atoms with E-state index in [1.807, 2.05) is 41.3 Å². The molecule has 2 aromatic carbocycles. The fourth-order valence-corrected chi connectivity index (χ4v) is 2.34. The normalized spacial score (nSPS) is 12.7. The van der Waals surface area contributed by atoms with E-state index >= 15 is 0 Å². The molecule has 2 aromatic rings. The van der Waals surface area contributed by atoms with E-state index in [-0.39, 0.29) is 5.75 Å². The average molecular weight is 339 g/mol. The molecule has 0 aromatic heterocycles. The quantitative estimate of drug-likeness (QED) is 0.827. The summed E-state index contributed by atoms with van der Waals surface area (Å²) < 4.78 is 41.6. The van der Waals surface area contributed by atoms with Gasteiger partial charge in [-0.3, -0.25) is 0 Å². The highest BCUT2D eigenvalue weighted by molar-refractivity contribution is 5.47. The summed E-state index contributed by atoms with van der Waals surface area (Å²) in [5.41, 5.74) is 1.74. The highest BCUT2D eigenvalue weighted by Gasteiger charge is 2.28. The number of hydrogen-bond acceptors (Lipinski definition) is 3. The molecule has 130 valence electrons. The zero-order valence-electron chi connectivity index (χ0n) is 13.3. The van der Waals surface area contributed by atoms with Crippen molar-refractivity contribution in [3.8, 4) is 5.75 Å². The van der Waals surface area contributed by atoms with Crippen molar-refractivity contribution >= 4 is 5.69 Å². The standard InChI is InChI=1S/C18H20F3NO2/c1-14(23)11-22(16-7-3-2-4-8-16)12-15-6-5-9-17(10-15)24-13-18(19,20)21/h2-10,14,23H,11-13H2,1H3. The summed E-state index contributed by atoms with van der Waals surface area (Å²) in [4.78, 5) is 1.97. The Morgan fingerprint density at radius 1 is 1.08 bits per heavy atom. The highest BCUT2D eigenvalue weighted by atomic mass is 19.4. The van der Waals surface area contributed by atoms with Crippen LogP contribution in [0.25, 0.3) is 0 Å². The minimum atomic E-state index is -4.36. The Kier molecular flexibility index (Phi) is 6.09. The number of nitrogens with zero attached hydrogens (tertiary/aromatic N) is 1. The van der Waals surface area contributed by atoms with Gasteiger partial charge in [-0.2, -0.15) is 13.2 Å². The van der Waals surface area contributed by atoms with Gasteiger partial charge in [-0.25, -0.2) is 0 Å². The summed E-state index contributed by atoms with van der Waals surface area (Å²) in [5, 5.41) is 9.70. The van der Waals surface area contributed by atoms with Gasteiger partial charge in [-0.1, -0.05) is 30.3 Å². The van der Waals surface area contributed by atoms with Crippen molar-refractivity contribution in [2.45, 2.75) is 25.7 Å².